The quantitative estimate of drug-likeness (QED) is 0.835. The molecule has 0 spiro atoms. The maximum Gasteiger partial charge on any atom is 0.257 e. The second kappa shape index (κ2) is 4.22. The molecule has 3 rings (SSSR count). The van der Waals surface area contributed by atoms with Crippen molar-refractivity contribution in [3.05, 3.63) is 33.6 Å². The van der Waals surface area contributed by atoms with Gasteiger partial charge < -0.3 is 15.6 Å². The van der Waals surface area contributed by atoms with Gasteiger partial charge in [0.15, 0.2) is 0 Å². The molecule has 6 heteroatoms. The highest BCUT2D eigenvalue weighted by Crippen LogP contribution is 2.24. The van der Waals surface area contributed by atoms with Gasteiger partial charge in [0.1, 0.15) is 0 Å². The van der Waals surface area contributed by atoms with Gasteiger partial charge in [-0.25, -0.2) is 0 Å². The topological polar surface area (TPSA) is 79.2 Å². The number of amides is 1. The first-order valence-electron chi connectivity index (χ1n) is 5.79. The fourth-order valence-corrected chi connectivity index (χ4v) is 3.25. The van der Waals surface area contributed by atoms with Gasteiger partial charge in [-0.2, -0.15) is 0 Å². The van der Waals surface area contributed by atoms with E-state index >= 15 is 0 Å². The second-order valence-corrected chi connectivity index (χ2v) is 5.37. The summed E-state index contributed by atoms with van der Waals surface area (Å²) in [5, 5.41) is 2.63. The molecule has 1 aliphatic rings. The maximum absolute atomic E-state index is 11.8. The lowest BCUT2D eigenvalue weighted by Gasteiger charge is -2.15. The molecule has 0 unspecified atom stereocenters. The van der Waals surface area contributed by atoms with Gasteiger partial charge in [0.05, 0.1) is 11.4 Å². The Bertz CT molecular complexity index is 661. The van der Waals surface area contributed by atoms with E-state index in [0.717, 1.165) is 10.3 Å². The number of rotatable bonds is 2. The van der Waals surface area contributed by atoms with E-state index in [4.69, 9.17) is 5.73 Å². The minimum absolute atomic E-state index is 0.0262. The average Bonchev–Trinajstić information content (AvgIpc) is 2.90. The standard InChI is InChI=1S/C12H13N3O2S/c13-8-2-4-15(12(8)17)5-7-6-18-9-1-3-14-11(16)10(7)9/h1,3,6,8H,2,4-5,13H2,(H,14,16)/t8-/m0/s1. The lowest BCUT2D eigenvalue weighted by atomic mass is 10.2. The number of hydrogen-bond donors (Lipinski definition) is 2. The van der Waals surface area contributed by atoms with Crippen LogP contribution in [-0.2, 0) is 11.3 Å². The SMILES string of the molecule is N[C@H]1CCN(Cc2csc3cc[nH]c(=O)c23)C1=O. The first-order chi connectivity index (χ1) is 8.66. The lowest BCUT2D eigenvalue weighted by molar-refractivity contribution is -0.129. The van der Waals surface area contributed by atoms with E-state index < -0.39 is 0 Å². The Labute approximate surface area is 107 Å². The summed E-state index contributed by atoms with van der Waals surface area (Å²) in [6.07, 6.45) is 2.33. The monoisotopic (exact) mass is 263 g/mol. The summed E-state index contributed by atoms with van der Waals surface area (Å²) in [5.41, 5.74) is 6.49. The molecule has 0 aliphatic carbocycles. The number of nitrogens with two attached hydrogens (primary N) is 1. The Morgan fingerprint density at radius 1 is 1.50 bits per heavy atom. The number of hydrogen-bond acceptors (Lipinski definition) is 4. The number of carbonyl (C=O) groups is 1. The predicted octanol–water partition coefficient (Wildman–Crippen LogP) is 0.649. The van der Waals surface area contributed by atoms with E-state index in [1.807, 2.05) is 11.4 Å². The third kappa shape index (κ3) is 1.74. The van der Waals surface area contributed by atoms with Crippen molar-refractivity contribution in [1.82, 2.24) is 9.88 Å². The van der Waals surface area contributed by atoms with Gasteiger partial charge in [0.2, 0.25) is 5.91 Å². The van der Waals surface area contributed by atoms with Crippen molar-refractivity contribution in [3.63, 3.8) is 0 Å². The molecule has 3 heterocycles. The van der Waals surface area contributed by atoms with Crippen LogP contribution in [0.25, 0.3) is 10.1 Å². The molecule has 1 aliphatic heterocycles. The van der Waals surface area contributed by atoms with Crippen molar-refractivity contribution in [1.29, 1.82) is 0 Å². The van der Waals surface area contributed by atoms with Gasteiger partial charge in [0, 0.05) is 24.0 Å². The van der Waals surface area contributed by atoms with Crippen molar-refractivity contribution >= 4 is 27.3 Å². The summed E-state index contributed by atoms with van der Waals surface area (Å²) in [6.45, 7) is 1.14. The molecular formula is C12H13N3O2S. The Hall–Kier alpha value is -1.66. The Balaban J connectivity index is 1.96. The average molecular weight is 263 g/mol. The summed E-state index contributed by atoms with van der Waals surface area (Å²) >= 11 is 1.52. The summed E-state index contributed by atoms with van der Waals surface area (Å²) < 4.78 is 0.949. The molecular weight excluding hydrogens is 250 g/mol. The van der Waals surface area contributed by atoms with E-state index in [1.165, 1.54) is 11.3 Å². The van der Waals surface area contributed by atoms with Crippen LogP contribution in [0.3, 0.4) is 0 Å². The minimum atomic E-state index is -0.381. The molecule has 2 aromatic heterocycles. The molecule has 0 saturated carbocycles. The third-order valence-electron chi connectivity index (χ3n) is 3.27. The van der Waals surface area contributed by atoms with Crippen LogP contribution in [0.1, 0.15) is 12.0 Å². The Morgan fingerprint density at radius 3 is 3.06 bits per heavy atom. The lowest BCUT2D eigenvalue weighted by Crippen LogP contribution is -2.33. The summed E-state index contributed by atoms with van der Waals surface area (Å²) in [4.78, 5) is 28.0. The number of thiophene rings is 1. The largest absolute Gasteiger partial charge is 0.337 e. The Morgan fingerprint density at radius 2 is 2.33 bits per heavy atom. The van der Waals surface area contributed by atoms with E-state index in [-0.39, 0.29) is 17.5 Å². The molecule has 18 heavy (non-hydrogen) atoms. The number of nitrogens with zero attached hydrogens (tertiary/aromatic N) is 1. The normalized spacial score (nSPS) is 19.9. The summed E-state index contributed by atoms with van der Waals surface area (Å²) in [5.74, 6) is -0.0262. The highest BCUT2D eigenvalue weighted by atomic mass is 32.1. The number of aromatic nitrogens is 1. The van der Waals surface area contributed by atoms with E-state index in [0.29, 0.717) is 24.9 Å². The molecule has 1 fully saturated rings. The predicted molar refractivity (Wildman–Crippen MR) is 70.5 cm³/mol. The first kappa shape index (κ1) is 11.4. The molecule has 94 valence electrons. The molecule has 0 radical (unpaired) electrons. The highest BCUT2D eigenvalue weighted by Gasteiger charge is 2.28. The second-order valence-electron chi connectivity index (χ2n) is 4.46. The highest BCUT2D eigenvalue weighted by molar-refractivity contribution is 7.17. The third-order valence-corrected chi connectivity index (χ3v) is 4.27. The summed E-state index contributed by atoms with van der Waals surface area (Å²) in [7, 11) is 0. The van der Waals surface area contributed by atoms with Crippen molar-refractivity contribution in [3.8, 4) is 0 Å². The number of H-pyrrole nitrogens is 1. The number of aromatic amines is 1. The van der Waals surface area contributed by atoms with Gasteiger partial charge in [0.25, 0.3) is 5.56 Å². The van der Waals surface area contributed by atoms with Gasteiger partial charge in [-0.05, 0) is 23.4 Å². The van der Waals surface area contributed by atoms with Crippen LogP contribution in [0, 0.1) is 0 Å². The molecule has 5 nitrogen and oxygen atoms in total. The van der Waals surface area contributed by atoms with Crippen LogP contribution in [0.2, 0.25) is 0 Å². The van der Waals surface area contributed by atoms with Crippen LogP contribution in [0.5, 0.6) is 0 Å². The zero-order valence-electron chi connectivity index (χ0n) is 9.68. The van der Waals surface area contributed by atoms with Crippen molar-refractivity contribution in [2.45, 2.75) is 19.0 Å². The number of likely N-dealkylation sites (tertiary alicyclic amines) is 1. The first-order valence-corrected chi connectivity index (χ1v) is 6.67. The Kier molecular flexibility index (Phi) is 2.68. The van der Waals surface area contributed by atoms with E-state index in [1.54, 1.807) is 11.1 Å². The smallest absolute Gasteiger partial charge is 0.257 e. The molecule has 0 aromatic carbocycles. The van der Waals surface area contributed by atoms with Gasteiger partial charge in [-0.1, -0.05) is 0 Å². The number of fused-ring (bicyclic) bond motifs is 1. The van der Waals surface area contributed by atoms with Crippen LogP contribution in [-0.4, -0.2) is 28.4 Å². The van der Waals surface area contributed by atoms with Crippen LogP contribution in [0.15, 0.2) is 22.4 Å². The number of pyridine rings is 1. The fourth-order valence-electron chi connectivity index (χ4n) is 2.30. The fraction of sp³-hybridized carbons (Fsp3) is 0.333. The minimum Gasteiger partial charge on any atom is -0.337 e. The van der Waals surface area contributed by atoms with Gasteiger partial charge >= 0.3 is 0 Å². The van der Waals surface area contributed by atoms with E-state index in [2.05, 4.69) is 4.98 Å². The van der Waals surface area contributed by atoms with Crippen LogP contribution >= 0.6 is 11.3 Å². The van der Waals surface area contributed by atoms with E-state index in [9.17, 15) is 9.59 Å². The van der Waals surface area contributed by atoms with Crippen molar-refractivity contribution < 1.29 is 4.79 Å². The molecule has 3 N–H and O–H groups in total. The molecule has 1 saturated heterocycles. The summed E-state index contributed by atoms with van der Waals surface area (Å²) in [6, 6.07) is 1.50. The van der Waals surface area contributed by atoms with Crippen molar-refractivity contribution in [2.24, 2.45) is 5.73 Å². The van der Waals surface area contributed by atoms with Crippen molar-refractivity contribution in [2.75, 3.05) is 6.54 Å². The van der Waals surface area contributed by atoms with Gasteiger partial charge in [-0.3, -0.25) is 9.59 Å². The maximum atomic E-state index is 11.8. The number of carbonyl (C=O) groups excluding carboxylic acids is 1. The molecule has 1 atom stereocenters. The molecule has 2 aromatic rings. The van der Waals surface area contributed by atoms with Crippen LogP contribution < -0.4 is 11.3 Å². The molecule has 1 amide bonds. The number of nitrogens with one attached hydrogen (secondary N) is 1. The zero-order valence-corrected chi connectivity index (χ0v) is 10.5. The van der Waals surface area contributed by atoms with Crippen LogP contribution in [0.4, 0.5) is 0 Å². The zero-order chi connectivity index (χ0) is 12.7. The van der Waals surface area contributed by atoms with Gasteiger partial charge in [-0.15, -0.1) is 11.3 Å². The molecule has 0 bridgehead atoms.